The van der Waals surface area contributed by atoms with Crippen molar-refractivity contribution in [1.82, 2.24) is 15.5 Å². The monoisotopic (exact) mass is 409 g/mol. The lowest BCUT2D eigenvalue weighted by atomic mass is 10.0. The van der Waals surface area contributed by atoms with Gasteiger partial charge in [0.1, 0.15) is 0 Å². The normalized spacial score (nSPS) is 15.1. The van der Waals surface area contributed by atoms with Gasteiger partial charge in [0, 0.05) is 18.7 Å². The van der Waals surface area contributed by atoms with E-state index in [4.69, 9.17) is 4.74 Å². The van der Waals surface area contributed by atoms with Gasteiger partial charge in [-0.05, 0) is 24.6 Å². The Bertz CT molecular complexity index is 917. The molecule has 2 aromatic carbocycles. The zero-order valence-electron chi connectivity index (χ0n) is 16.5. The fourth-order valence-corrected chi connectivity index (χ4v) is 3.13. The lowest BCUT2D eigenvalue weighted by Gasteiger charge is -2.21. The molecule has 0 aliphatic carbocycles. The maximum absolute atomic E-state index is 12.6. The Kier molecular flexibility index (Phi) is 6.79. The molecule has 2 N–H and O–H groups in total. The second-order valence-corrected chi connectivity index (χ2v) is 6.86. The molecule has 30 heavy (non-hydrogen) atoms. The smallest absolute Gasteiger partial charge is 0.324 e. The number of rotatable bonds is 7. The first kappa shape index (κ1) is 21.0. The van der Waals surface area contributed by atoms with E-state index in [1.165, 1.54) is 6.92 Å². The number of hydrogen-bond acceptors (Lipinski definition) is 5. The van der Waals surface area contributed by atoms with Crippen LogP contribution in [-0.2, 0) is 14.3 Å². The Balaban J connectivity index is 1.66. The molecule has 0 spiro atoms. The van der Waals surface area contributed by atoms with Crippen LogP contribution in [-0.4, -0.2) is 47.9 Å². The van der Waals surface area contributed by atoms with Crippen LogP contribution in [0.5, 0.6) is 0 Å². The fourth-order valence-electron chi connectivity index (χ4n) is 3.13. The first-order valence-corrected chi connectivity index (χ1v) is 9.65. The number of carbonyl (C=O) groups excluding carboxylic acids is 4. The average molecular weight is 409 g/mol. The third-order valence-electron chi connectivity index (χ3n) is 4.69. The van der Waals surface area contributed by atoms with Crippen molar-refractivity contribution >= 4 is 23.8 Å². The Labute approximate surface area is 174 Å². The summed E-state index contributed by atoms with van der Waals surface area (Å²) in [6.07, 6.45) is -1.27. The van der Waals surface area contributed by atoms with Gasteiger partial charge in [0.25, 0.3) is 11.8 Å². The van der Waals surface area contributed by atoms with Crippen LogP contribution < -0.4 is 10.6 Å². The minimum absolute atomic E-state index is 0.160. The number of amides is 4. The molecule has 1 fully saturated rings. The highest BCUT2D eigenvalue weighted by molar-refractivity contribution is 5.98. The summed E-state index contributed by atoms with van der Waals surface area (Å²) in [7, 11) is 0. The molecule has 2 aromatic rings. The lowest BCUT2D eigenvalue weighted by Crippen LogP contribution is -2.42. The van der Waals surface area contributed by atoms with Crippen LogP contribution in [0.25, 0.3) is 0 Å². The second-order valence-electron chi connectivity index (χ2n) is 6.86. The summed E-state index contributed by atoms with van der Waals surface area (Å²) in [6.45, 7) is 2.03. The molecule has 1 aliphatic heterocycles. The zero-order valence-corrected chi connectivity index (χ0v) is 16.5. The molecule has 2 atom stereocenters. The molecule has 8 nitrogen and oxygen atoms in total. The molecule has 156 valence electrons. The van der Waals surface area contributed by atoms with Gasteiger partial charge in [-0.2, -0.15) is 0 Å². The molecular weight excluding hydrogens is 386 g/mol. The number of carbonyl (C=O) groups is 4. The Morgan fingerprint density at radius 3 is 2.30 bits per heavy atom. The Hall–Kier alpha value is -3.68. The van der Waals surface area contributed by atoms with Gasteiger partial charge in [-0.15, -0.1) is 0 Å². The van der Waals surface area contributed by atoms with E-state index in [9.17, 15) is 19.2 Å². The van der Waals surface area contributed by atoms with Gasteiger partial charge < -0.3 is 15.4 Å². The molecule has 1 heterocycles. The number of ether oxygens (including phenoxy) is 1. The van der Waals surface area contributed by atoms with E-state index in [1.807, 2.05) is 12.1 Å². The van der Waals surface area contributed by atoms with Gasteiger partial charge in [0.2, 0.25) is 0 Å². The van der Waals surface area contributed by atoms with Gasteiger partial charge in [-0.3, -0.25) is 19.3 Å². The molecule has 0 radical (unpaired) electrons. The van der Waals surface area contributed by atoms with Crippen molar-refractivity contribution in [3.05, 3.63) is 71.8 Å². The summed E-state index contributed by atoms with van der Waals surface area (Å²) in [6, 6.07) is 16.6. The molecule has 0 aromatic heterocycles. The van der Waals surface area contributed by atoms with Crippen LogP contribution in [0.1, 0.15) is 35.3 Å². The number of hydrogen-bond donors (Lipinski definition) is 2. The van der Waals surface area contributed by atoms with Crippen LogP contribution in [0.2, 0.25) is 0 Å². The van der Waals surface area contributed by atoms with Crippen LogP contribution in [0.3, 0.4) is 0 Å². The van der Waals surface area contributed by atoms with Crippen molar-refractivity contribution < 1.29 is 23.9 Å². The first-order valence-electron chi connectivity index (χ1n) is 9.65. The summed E-state index contributed by atoms with van der Waals surface area (Å²) < 4.78 is 5.25. The number of urea groups is 1. The van der Waals surface area contributed by atoms with Crippen molar-refractivity contribution in [2.45, 2.75) is 25.5 Å². The first-order chi connectivity index (χ1) is 14.5. The van der Waals surface area contributed by atoms with Crippen LogP contribution in [0, 0.1) is 0 Å². The molecule has 3 rings (SSSR count). The number of nitrogens with zero attached hydrogens (tertiary/aromatic N) is 1. The predicted octanol–water partition coefficient (Wildman–Crippen LogP) is 2.03. The van der Waals surface area contributed by atoms with Gasteiger partial charge in [-0.25, -0.2) is 4.79 Å². The van der Waals surface area contributed by atoms with E-state index in [1.54, 1.807) is 48.5 Å². The number of imide groups is 1. The molecule has 0 saturated carbocycles. The van der Waals surface area contributed by atoms with E-state index < -0.39 is 30.1 Å². The van der Waals surface area contributed by atoms with E-state index >= 15 is 0 Å². The van der Waals surface area contributed by atoms with E-state index in [0.29, 0.717) is 12.1 Å². The van der Waals surface area contributed by atoms with Gasteiger partial charge in [0.15, 0.2) is 6.10 Å². The molecule has 4 amide bonds. The van der Waals surface area contributed by atoms with Crippen molar-refractivity contribution in [2.24, 2.45) is 0 Å². The summed E-state index contributed by atoms with van der Waals surface area (Å²) >= 11 is 0. The number of esters is 1. The fraction of sp³-hybridized carbons (Fsp3) is 0.273. The third-order valence-corrected chi connectivity index (χ3v) is 4.69. The number of benzene rings is 2. The highest BCUT2D eigenvalue weighted by Gasteiger charge is 2.32. The Morgan fingerprint density at radius 1 is 1.07 bits per heavy atom. The van der Waals surface area contributed by atoms with Crippen molar-refractivity contribution in [2.75, 3.05) is 13.1 Å². The van der Waals surface area contributed by atoms with E-state index in [2.05, 4.69) is 10.6 Å². The maximum atomic E-state index is 12.6. The van der Waals surface area contributed by atoms with Crippen molar-refractivity contribution in [3.8, 4) is 0 Å². The molecule has 8 heteroatoms. The van der Waals surface area contributed by atoms with E-state index in [0.717, 1.165) is 10.5 Å². The largest absolute Gasteiger partial charge is 0.452 e. The highest BCUT2D eigenvalue weighted by atomic mass is 16.5. The highest BCUT2D eigenvalue weighted by Crippen LogP contribution is 2.19. The average Bonchev–Trinajstić information content (AvgIpc) is 3.19. The summed E-state index contributed by atoms with van der Waals surface area (Å²) in [5.74, 6) is -1.56. The summed E-state index contributed by atoms with van der Waals surface area (Å²) in [4.78, 5) is 50.1. The second kappa shape index (κ2) is 9.69. The van der Waals surface area contributed by atoms with Gasteiger partial charge >= 0.3 is 12.0 Å². The van der Waals surface area contributed by atoms with Crippen LogP contribution in [0.15, 0.2) is 60.7 Å². The van der Waals surface area contributed by atoms with Crippen molar-refractivity contribution in [1.29, 1.82) is 0 Å². The predicted molar refractivity (Wildman–Crippen MR) is 108 cm³/mol. The minimum atomic E-state index is -1.11. The minimum Gasteiger partial charge on any atom is -0.452 e. The summed E-state index contributed by atoms with van der Waals surface area (Å²) in [5, 5.41) is 5.37. The SMILES string of the molecule is C[C@@H](OC(=O)C[C@@H](NC(=O)c1ccccc1)c1ccccc1)C(=O)N1CCNC1=O. The number of nitrogens with one attached hydrogen (secondary N) is 2. The molecular formula is C22H23N3O5. The summed E-state index contributed by atoms with van der Waals surface area (Å²) in [5.41, 5.74) is 1.20. The lowest BCUT2D eigenvalue weighted by molar-refractivity contribution is -0.157. The third kappa shape index (κ3) is 5.22. The Morgan fingerprint density at radius 2 is 1.70 bits per heavy atom. The molecule has 1 aliphatic rings. The topological polar surface area (TPSA) is 105 Å². The quantitative estimate of drug-likeness (QED) is 0.681. The maximum Gasteiger partial charge on any atom is 0.324 e. The zero-order chi connectivity index (χ0) is 21.5. The van der Waals surface area contributed by atoms with Crippen LogP contribution in [0.4, 0.5) is 4.79 Å². The van der Waals surface area contributed by atoms with Crippen molar-refractivity contribution in [3.63, 3.8) is 0 Å². The molecule has 0 unspecified atom stereocenters. The van der Waals surface area contributed by atoms with E-state index in [-0.39, 0.29) is 18.9 Å². The molecule has 0 bridgehead atoms. The standard InChI is InChI=1S/C22H23N3O5/c1-15(21(28)25-13-12-23-22(25)29)30-19(26)14-18(16-8-4-2-5-9-16)24-20(27)17-10-6-3-7-11-17/h2-11,15,18H,12-14H2,1H3,(H,23,29)(H,24,27)/t15-,18-/m1/s1. The molecule has 1 saturated heterocycles. The van der Waals surface area contributed by atoms with Crippen LogP contribution >= 0.6 is 0 Å². The van der Waals surface area contributed by atoms with Gasteiger partial charge in [0.05, 0.1) is 12.5 Å². The van der Waals surface area contributed by atoms with Gasteiger partial charge in [-0.1, -0.05) is 48.5 Å².